The van der Waals surface area contributed by atoms with Crippen molar-refractivity contribution in [2.45, 2.75) is 44.8 Å². The molecule has 34 heavy (non-hydrogen) atoms. The number of nitrogens with zero attached hydrogens (tertiary/aromatic N) is 6. The number of rotatable bonds is 5. The van der Waals surface area contributed by atoms with Crippen LogP contribution in [0.3, 0.4) is 0 Å². The first-order valence-corrected chi connectivity index (χ1v) is 14.9. The van der Waals surface area contributed by atoms with E-state index < -0.39 is 16.2 Å². The molecule has 3 aliphatic rings. The van der Waals surface area contributed by atoms with Crippen molar-refractivity contribution in [2.75, 3.05) is 32.7 Å². The summed E-state index contributed by atoms with van der Waals surface area (Å²) < 4.78 is 67.3. The third kappa shape index (κ3) is 7.51. The summed E-state index contributed by atoms with van der Waals surface area (Å²) in [7, 11) is -11.6. The van der Waals surface area contributed by atoms with Gasteiger partial charge in [0, 0.05) is 44.2 Å². The van der Waals surface area contributed by atoms with Crippen molar-refractivity contribution in [3.05, 3.63) is 23.2 Å². The molecule has 2 aromatic rings. The first-order chi connectivity index (χ1) is 15.7. The second kappa shape index (κ2) is 9.16. The Bertz CT molecular complexity index is 973. The Morgan fingerprint density at radius 1 is 0.882 bits per heavy atom. The summed E-state index contributed by atoms with van der Waals surface area (Å²) in [6.45, 7) is 6.04. The zero-order valence-electron chi connectivity index (χ0n) is 18.3. The minimum atomic E-state index is -10.7. The molecular weight excluding hydrogens is 528 g/mol. The van der Waals surface area contributed by atoms with E-state index in [4.69, 9.17) is 16.4 Å². The Kier molecular flexibility index (Phi) is 7.03. The average molecular weight is 555 g/mol. The van der Waals surface area contributed by atoms with E-state index in [-0.39, 0.29) is 6.23 Å². The molecule has 0 N–H and O–H groups in total. The van der Waals surface area contributed by atoms with Crippen LogP contribution in [0.2, 0.25) is 5.02 Å². The molecule has 1 unspecified atom stereocenters. The van der Waals surface area contributed by atoms with Crippen LogP contribution in [0.4, 0.5) is 25.2 Å². The molecule has 0 radical (unpaired) electrons. The topological polar surface area (TPSA) is 49.7 Å². The van der Waals surface area contributed by atoms with E-state index in [0.29, 0.717) is 5.02 Å². The quantitative estimate of drug-likeness (QED) is 0.312. The van der Waals surface area contributed by atoms with Gasteiger partial charge in [-0.1, -0.05) is 16.4 Å². The molecule has 0 spiro atoms. The van der Waals surface area contributed by atoms with Crippen molar-refractivity contribution >= 4 is 38.8 Å². The van der Waals surface area contributed by atoms with Gasteiger partial charge in [0.1, 0.15) is 11.0 Å². The summed E-state index contributed by atoms with van der Waals surface area (Å²) in [6, 6.07) is 5.61. The molecule has 4 heterocycles. The fraction of sp³-hybridized carbons (Fsp3) is 0.667. The second-order valence-electron chi connectivity index (χ2n) is 8.64. The van der Waals surface area contributed by atoms with Crippen LogP contribution >= 0.6 is 27.8 Å². The summed E-state index contributed by atoms with van der Waals surface area (Å²) in [5.41, 5.74) is 1.65. The van der Waals surface area contributed by atoms with Gasteiger partial charge in [0.2, 0.25) is 14.6 Å². The van der Waals surface area contributed by atoms with Crippen LogP contribution in [0, 0.1) is 0 Å². The molecule has 1 aromatic heterocycles. The molecular formula is C18H27ClF6N6OP2. The second-order valence-corrected chi connectivity index (χ2v) is 13.4. The van der Waals surface area contributed by atoms with E-state index in [1.807, 2.05) is 18.2 Å². The molecule has 16 heteroatoms. The van der Waals surface area contributed by atoms with E-state index in [1.54, 1.807) is 4.85 Å². The SMILES string of the molecule is Clc1ccc2nnn(OC3CCCN3[PH+](N3CCCC3)N3CCCC3)c2c1.F[P-](F)(F)(F)(F)F. The van der Waals surface area contributed by atoms with E-state index in [1.165, 1.54) is 58.3 Å². The van der Waals surface area contributed by atoms with Crippen molar-refractivity contribution in [3.8, 4) is 0 Å². The molecule has 3 fully saturated rings. The van der Waals surface area contributed by atoms with Gasteiger partial charge in [0.25, 0.3) is 0 Å². The molecule has 0 amide bonds. The van der Waals surface area contributed by atoms with Crippen LogP contribution in [-0.2, 0) is 0 Å². The van der Waals surface area contributed by atoms with Crippen LogP contribution < -0.4 is 4.84 Å². The third-order valence-corrected chi connectivity index (χ3v) is 9.12. The van der Waals surface area contributed by atoms with Crippen LogP contribution in [-0.4, -0.2) is 68.1 Å². The Morgan fingerprint density at radius 3 is 2.00 bits per heavy atom. The van der Waals surface area contributed by atoms with Crippen LogP contribution in [0.25, 0.3) is 11.0 Å². The molecule has 3 saturated heterocycles. The number of halogens is 7. The summed E-state index contributed by atoms with van der Waals surface area (Å²) in [5, 5.41) is 9.13. The summed E-state index contributed by atoms with van der Waals surface area (Å²) >= 11 is 6.17. The Hall–Kier alpha value is -0.970. The van der Waals surface area contributed by atoms with Crippen LogP contribution in [0.5, 0.6) is 0 Å². The molecule has 194 valence electrons. The van der Waals surface area contributed by atoms with Crippen molar-refractivity contribution in [1.29, 1.82) is 0 Å². The van der Waals surface area contributed by atoms with Crippen LogP contribution in [0.15, 0.2) is 18.2 Å². The van der Waals surface area contributed by atoms with Crippen molar-refractivity contribution in [3.63, 3.8) is 0 Å². The standard InChI is InChI=1S/C18H26ClN6OP.F6P/c19-15-7-8-16-17(14-15)25(21-20-16)26-18-6-5-13-24(18)27(22-9-1-2-10-22)23-11-3-4-12-23;1-7(2,3,4,5)6/h7-8,14,18H,1-6,9-13H2;/q;-1/p+1. The average Bonchev–Trinajstić information content (AvgIpc) is 3.49. The zero-order valence-corrected chi connectivity index (χ0v) is 20.9. The summed E-state index contributed by atoms with van der Waals surface area (Å²) in [6.07, 6.45) is 7.58. The van der Waals surface area contributed by atoms with Gasteiger partial charge < -0.3 is 4.84 Å². The Labute approximate surface area is 199 Å². The van der Waals surface area contributed by atoms with Gasteiger partial charge in [-0.05, 0) is 55.5 Å². The minimum absolute atomic E-state index is 0.0592. The van der Waals surface area contributed by atoms with E-state index >= 15 is 0 Å². The molecule has 1 atom stereocenters. The third-order valence-electron chi connectivity index (χ3n) is 5.83. The van der Waals surface area contributed by atoms with Gasteiger partial charge >= 0.3 is 33.0 Å². The maximum absolute atomic E-state index is 10.7. The molecule has 0 aliphatic carbocycles. The number of hydrogen-bond acceptors (Lipinski definition) is 6. The van der Waals surface area contributed by atoms with E-state index in [0.717, 1.165) is 24.0 Å². The van der Waals surface area contributed by atoms with Crippen molar-refractivity contribution < 1.29 is 30.0 Å². The number of fused-ring (bicyclic) bond motifs is 1. The molecule has 1 aromatic carbocycles. The normalized spacial score (nSPS) is 24.9. The van der Waals surface area contributed by atoms with Crippen molar-refractivity contribution in [2.24, 2.45) is 0 Å². The van der Waals surface area contributed by atoms with Crippen molar-refractivity contribution in [1.82, 2.24) is 29.2 Å². The van der Waals surface area contributed by atoms with Gasteiger partial charge in [-0.15, -0.1) is 9.77 Å². The predicted octanol–water partition coefficient (Wildman–Crippen LogP) is 6.47. The summed E-state index contributed by atoms with van der Waals surface area (Å²) in [4.78, 5) is 7.96. The van der Waals surface area contributed by atoms with E-state index in [9.17, 15) is 25.2 Å². The molecule has 0 saturated carbocycles. The van der Waals surface area contributed by atoms with Gasteiger partial charge in [0.15, 0.2) is 0 Å². The number of hydrogen-bond donors (Lipinski definition) is 0. The monoisotopic (exact) mass is 554 g/mol. The maximum atomic E-state index is 9.87. The predicted molar refractivity (Wildman–Crippen MR) is 122 cm³/mol. The van der Waals surface area contributed by atoms with Gasteiger partial charge in [-0.25, -0.2) is 0 Å². The van der Waals surface area contributed by atoms with Crippen LogP contribution in [0.1, 0.15) is 38.5 Å². The van der Waals surface area contributed by atoms with Gasteiger partial charge in [-0.3, -0.25) is 0 Å². The van der Waals surface area contributed by atoms with Gasteiger partial charge in [0.05, 0.1) is 0 Å². The van der Waals surface area contributed by atoms with E-state index in [2.05, 4.69) is 24.3 Å². The first kappa shape index (κ1) is 26.1. The fourth-order valence-corrected chi connectivity index (χ4v) is 8.05. The van der Waals surface area contributed by atoms with Gasteiger partial charge in [-0.2, -0.15) is 9.34 Å². The summed E-state index contributed by atoms with van der Waals surface area (Å²) in [5.74, 6) is 0. The molecule has 5 rings (SSSR count). The zero-order chi connectivity index (χ0) is 24.6. The molecule has 3 aliphatic heterocycles. The Balaban J connectivity index is 0.000000344. The first-order valence-electron chi connectivity index (χ1n) is 11.1. The Morgan fingerprint density at radius 2 is 1.44 bits per heavy atom. The number of benzene rings is 1. The fourth-order valence-electron chi connectivity index (χ4n) is 4.54. The number of aromatic nitrogens is 3. The molecule has 7 nitrogen and oxygen atoms in total. The molecule has 0 bridgehead atoms.